The van der Waals surface area contributed by atoms with Crippen LogP contribution in [0, 0.1) is 5.92 Å². The van der Waals surface area contributed by atoms with Gasteiger partial charge in [-0.15, -0.1) is 11.8 Å². The van der Waals surface area contributed by atoms with Crippen LogP contribution in [0.1, 0.15) is 19.3 Å². The predicted molar refractivity (Wildman–Crippen MR) is 103 cm³/mol. The van der Waals surface area contributed by atoms with Gasteiger partial charge >= 0.3 is 0 Å². The largest absolute Gasteiger partial charge is 0.494 e. The zero-order valence-electron chi connectivity index (χ0n) is 15.0. The van der Waals surface area contributed by atoms with Gasteiger partial charge in [0.1, 0.15) is 5.75 Å². The topological polar surface area (TPSA) is 70.7 Å². The maximum atomic E-state index is 12.4. The molecule has 2 heterocycles. The van der Waals surface area contributed by atoms with E-state index in [1.807, 2.05) is 35.2 Å². The summed E-state index contributed by atoms with van der Waals surface area (Å²) in [5.74, 6) is 3.25. The van der Waals surface area contributed by atoms with E-state index in [9.17, 15) is 9.59 Å². The monoisotopic (exact) mass is 377 g/mol. The fourth-order valence-corrected chi connectivity index (χ4v) is 4.20. The smallest absolute Gasteiger partial charge is 0.240 e. The average Bonchev–Trinajstić information content (AvgIpc) is 3.36. The highest BCUT2D eigenvalue weighted by molar-refractivity contribution is 7.99. The zero-order valence-corrected chi connectivity index (χ0v) is 15.8. The predicted octanol–water partition coefficient (Wildman–Crippen LogP) is 1.47. The molecular weight excluding hydrogens is 350 g/mol. The summed E-state index contributed by atoms with van der Waals surface area (Å²) < 4.78 is 5.59. The molecule has 2 aliphatic heterocycles. The van der Waals surface area contributed by atoms with Gasteiger partial charge in [0.2, 0.25) is 11.8 Å². The third-order valence-corrected chi connectivity index (χ3v) is 5.70. The van der Waals surface area contributed by atoms with Crippen molar-refractivity contribution >= 4 is 23.6 Å². The Morgan fingerprint density at radius 1 is 1.31 bits per heavy atom. The first-order valence-electron chi connectivity index (χ1n) is 9.27. The van der Waals surface area contributed by atoms with Crippen molar-refractivity contribution in [3.05, 3.63) is 30.3 Å². The molecule has 6 nitrogen and oxygen atoms in total. The Morgan fingerprint density at radius 3 is 2.92 bits per heavy atom. The number of ether oxygens (including phenoxy) is 1. The van der Waals surface area contributed by atoms with Gasteiger partial charge in [0.15, 0.2) is 0 Å². The van der Waals surface area contributed by atoms with Crippen LogP contribution in [0.2, 0.25) is 0 Å². The van der Waals surface area contributed by atoms with Crippen molar-refractivity contribution in [1.29, 1.82) is 0 Å². The van der Waals surface area contributed by atoms with Gasteiger partial charge < -0.3 is 20.3 Å². The van der Waals surface area contributed by atoms with Crippen LogP contribution in [-0.4, -0.2) is 60.6 Å². The molecule has 2 amide bonds. The van der Waals surface area contributed by atoms with Crippen LogP contribution in [0.15, 0.2) is 30.3 Å². The standard InChI is InChI=1S/C19H27N3O3S/c23-18(7-4-9-25-16-5-2-1-3-6-16)21-13-15-11-17(20-12-15)19(24)22-8-10-26-14-22/h1-3,5-6,15,17,20H,4,7-14H2,(H,21,23)/t15-,17-/m0/s1. The van der Waals surface area contributed by atoms with Crippen LogP contribution in [0.5, 0.6) is 5.75 Å². The zero-order chi connectivity index (χ0) is 18.2. The maximum Gasteiger partial charge on any atom is 0.240 e. The molecule has 0 aromatic heterocycles. The molecule has 142 valence electrons. The number of rotatable bonds is 8. The summed E-state index contributed by atoms with van der Waals surface area (Å²) >= 11 is 1.80. The maximum absolute atomic E-state index is 12.4. The molecule has 1 aromatic rings. The van der Waals surface area contributed by atoms with E-state index in [4.69, 9.17) is 4.74 Å². The lowest BCUT2D eigenvalue weighted by Crippen LogP contribution is -2.42. The van der Waals surface area contributed by atoms with Crippen molar-refractivity contribution in [3.8, 4) is 5.75 Å². The van der Waals surface area contributed by atoms with E-state index >= 15 is 0 Å². The molecule has 2 aliphatic rings. The van der Waals surface area contributed by atoms with Crippen molar-refractivity contribution in [3.63, 3.8) is 0 Å². The van der Waals surface area contributed by atoms with Gasteiger partial charge in [-0.2, -0.15) is 0 Å². The van der Waals surface area contributed by atoms with Gasteiger partial charge in [0.25, 0.3) is 0 Å². The normalized spacial score (nSPS) is 22.4. The van der Waals surface area contributed by atoms with Crippen molar-refractivity contribution in [2.75, 3.05) is 37.9 Å². The van der Waals surface area contributed by atoms with Crippen molar-refractivity contribution < 1.29 is 14.3 Å². The van der Waals surface area contributed by atoms with E-state index in [0.29, 0.717) is 31.9 Å². The quantitative estimate of drug-likeness (QED) is 0.672. The molecule has 0 aliphatic carbocycles. The Morgan fingerprint density at radius 2 is 2.15 bits per heavy atom. The average molecular weight is 378 g/mol. The molecular formula is C19H27N3O3S. The second-order valence-electron chi connectivity index (χ2n) is 6.77. The number of amides is 2. The molecule has 0 saturated carbocycles. The first-order valence-corrected chi connectivity index (χ1v) is 10.4. The molecule has 2 N–H and O–H groups in total. The summed E-state index contributed by atoms with van der Waals surface area (Å²) in [5, 5.41) is 6.29. The van der Waals surface area contributed by atoms with Crippen LogP contribution in [-0.2, 0) is 9.59 Å². The van der Waals surface area contributed by atoms with Crippen molar-refractivity contribution in [2.24, 2.45) is 5.92 Å². The summed E-state index contributed by atoms with van der Waals surface area (Å²) in [5.41, 5.74) is 0. The molecule has 0 spiro atoms. The molecule has 7 heteroatoms. The van der Waals surface area contributed by atoms with Crippen molar-refractivity contribution in [2.45, 2.75) is 25.3 Å². The lowest BCUT2D eigenvalue weighted by molar-refractivity contribution is -0.131. The number of hydrogen-bond acceptors (Lipinski definition) is 5. The first kappa shape index (κ1) is 19.0. The minimum absolute atomic E-state index is 0.0485. The fourth-order valence-electron chi connectivity index (χ4n) is 3.25. The summed E-state index contributed by atoms with van der Waals surface area (Å²) in [7, 11) is 0. The van der Waals surface area contributed by atoms with Gasteiger partial charge in [-0.05, 0) is 30.9 Å². The number of carbonyl (C=O) groups excluding carboxylic acids is 2. The number of nitrogens with zero attached hydrogens (tertiary/aromatic N) is 1. The van der Waals surface area contributed by atoms with Crippen LogP contribution in [0.3, 0.4) is 0 Å². The van der Waals surface area contributed by atoms with Crippen LogP contribution in [0.25, 0.3) is 0 Å². The number of benzene rings is 1. The number of para-hydroxylation sites is 1. The SMILES string of the molecule is O=C(CCCOc1ccccc1)NC[C@@H]1CN[C@H](C(=O)N2CCSC2)C1. The fraction of sp³-hybridized carbons (Fsp3) is 0.579. The first-order chi connectivity index (χ1) is 12.7. The van der Waals surface area contributed by atoms with Gasteiger partial charge in [-0.1, -0.05) is 18.2 Å². The molecule has 0 unspecified atom stereocenters. The lowest BCUT2D eigenvalue weighted by atomic mass is 10.0. The highest BCUT2D eigenvalue weighted by Crippen LogP contribution is 2.20. The Bertz CT molecular complexity index is 593. The Hall–Kier alpha value is -1.73. The molecule has 2 atom stereocenters. The second kappa shape index (κ2) is 9.83. The van der Waals surface area contributed by atoms with Crippen molar-refractivity contribution in [1.82, 2.24) is 15.5 Å². The van der Waals surface area contributed by atoms with E-state index in [2.05, 4.69) is 10.6 Å². The third kappa shape index (κ3) is 5.64. The van der Waals surface area contributed by atoms with Gasteiger partial charge in [0, 0.05) is 31.8 Å². The number of nitrogens with one attached hydrogen (secondary N) is 2. The number of thioether (sulfide) groups is 1. The summed E-state index contributed by atoms with van der Waals surface area (Å²) in [6, 6.07) is 9.53. The van der Waals surface area contributed by atoms with E-state index in [1.54, 1.807) is 11.8 Å². The van der Waals surface area contributed by atoms with Gasteiger partial charge in [0.05, 0.1) is 18.5 Å². The van der Waals surface area contributed by atoms with Crippen LogP contribution in [0.4, 0.5) is 0 Å². The van der Waals surface area contributed by atoms with Crippen LogP contribution >= 0.6 is 11.8 Å². The summed E-state index contributed by atoms with van der Waals surface area (Å²) in [4.78, 5) is 26.3. The van der Waals surface area contributed by atoms with E-state index < -0.39 is 0 Å². The number of hydrogen-bond donors (Lipinski definition) is 2. The summed E-state index contributed by atoms with van der Waals surface area (Å²) in [6.07, 6.45) is 1.95. The van der Waals surface area contributed by atoms with E-state index in [0.717, 1.165) is 36.9 Å². The Kier molecular flexibility index (Phi) is 7.20. The highest BCUT2D eigenvalue weighted by atomic mass is 32.2. The molecule has 1 aromatic carbocycles. The third-order valence-electron chi connectivity index (χ3n) is 4.73. The minimum atomic E-state index is -0.0881. The second-order valence-corrected chi connectivity index (χ2v) is 7.85. The van der Waals surface area contributed by atoms with E-state index in [-0.39, 0.29) is 17.9 Å². The Labute approximate surface area is 159 Å². The van der Waals surface area contributed by atoms with E-state index in [1.165, 1.54) is 0 Å². The molecule has 26 heavy (non-hydrogen) atoms. The highest BCUT2D eigenvalue weighted by Gasteiger charge is 2.33. The molecule has 3 rings (SSSR count). The summed E-state index contributed by atoms with van der Waals surface area (Å²) in [6.45, 7) is 2.81. The molecule has 2 fully saturated rings. The lowest BCUT2D eigenvalue weighted by Gasteiger charge is -2.19. The van der Waals surface area contributed by atoms with Gasteiger partial charge in [-0.25, -0.2) is 0 Å². The Balaban J connectivity index is 1.27. The molecule has 0 radical (unpaired) electrons. The molecule has 2 saturated heterocycles. The van der Waals surface area contributed by atoms with Gasteiger partial charge in [-0.3, -0.25) is 9.59 Å². The molecule has 0 bridgehead atoms. The number of carbonyl (C=O) groups is 2. The minimum Gasteiger partial charge on any atom is -0.494 e. The van der Waals surface area contributed by atoms with Crippen LogP contribution < -0.4 is 15.4 Å².